The number of likely N-dealkylation sites (N-methyl/N-ethyl adjacent to an activating group) is 1. The molecule has 2 rings (SSSR count). The highest BCUT2D eigenvalue weighted by Gasteiger charge is 2.33. The van der Waals surface area contributed by atoms with Gasteiger partial charge in [-0.25, -0.2) is 8.42 Å². The van der Waals surface area contributed by atoms with E-state index < -0.39 is 9.84 Å². The molecule has 21 heavy (non-hydrogen) atoms. The zero-order chi connectivity index (χ0) is 15.5. The zero-order valence-electron chi connectivity index (χ0n) is 12.1. The van der Waals surface area contributed by atoms with Gasteiger partial charge in [-0.2, -0.15) is 0 Å². The van der Waals surface area contributed by atoms with Crippen LogP contribution in [0.5, 0.6) is 0 Å². The van der Waals surface area contributed by atoms with E-state index in [0.717, 1.165) is 12.8 Å². The van der Waals surface area contributed by atoms with Crippen LogP contribution in [0.4, 0.5) is 5.69 Å². The number of carbonyl (C=O) groups excluding carboxylic acids is 1. The van der Waals surface area contributed by atoms with Crippen molar-refractivity contribution >= 4 is 21.4 Å². The lowest BCUT2D eigenvalue weighted by molar-refractivity contribution is -0.120. The van der Waals surface area contributed by atoms with Crippen molar-refractivity contribution in [3.63, 3.8) is 0 Å². The van der Waals surface area contributed by atoms with Crippen LogP contribution in [-0.2, 0) is 19.4 Å². The van der Waals surface area contributed by atoms with Crippen molar-refractivity contribution in [3.05, 3.63) is 24.3 Å². The molecule has 1 aliphatic heterocycles. The van der Waals surface area contributed by atoms with Gasteiger partial charge in [0.15, 0.2) is 9.84 Å². The Balaban J connectivity index is 2.17. The SMILES string of the molecule is CCNC1COCC1C(=O)Nc1ccccc1S(C)(=O)=O. The minimum atomic E-state index is -3.39. The molecule has 1 amide bonds. The molecule has 0 aromatic heterocycles. The number of carbonyl (C=O) groups is 1. The lowest BCUT2D eigenvalue weighted by atomic mass is 10.0. The second kappa shape index (κ2) is 6.55. The summed E-state index contributed by atoms with van der Waals surface area (Å²) in [5.74, 6) is -0.549. The Hall–Kier alpha value is -1.44. The molecule has 7 heteroatoms. The van der Waals surface area contributed by atoms with E-state index in [9.17, 15) is 13.2 Å². The molecule has 116 valence electrons. The fourth-order valence-electron chi connectivity index (χ4n) is 2.39. The van der Waals surface area contributed by atoms with Gasteiger partial charge < -0.3 is 15.4 Å². The molecule has 6 nitrogen and oxygen atoms in total. The van der Waals surface area contributed by atoms with Gasteiger partial charge in [-0.05, 0) is 18.7 Å². The smallest absolute Gasteiger partial charge is 0.231 e. The van der Waals surface area contributed by atoms with Crippen LogP contribution in [0.15, 0.2) is 29.2 Å². The van der Waals surface area contributed by atoms with Gasteiger partial charge in [0, 0.05) is 12.3 Å². The number of nitrogens with one attached hydrogen (secondary N) is 2. The minimum absolute atomic E-state index is 0.0413. The minimum Gasteiger partial charge on any atom is -0.379 e. The molecule has 1 aromatic rings. The second-order valence-corrected chi connectivity index (χ2v) is 7.05. The zero-order valence-corrected chi connectivity index (χ0v) is 12.9. The van der Waals surface area contributed by atoms with Crippen LogP contribution in [0.1, 0.15) is 6.92 Å². The Kier molecular flexibility index (Phi) is 4.97. The number of rotatable bonds is 5. The molecule has 2 N–H and O–H groups in total. The van der Waals surface area contributed by atoms with E-state index in [-0.39, 0.29) is 22.8 Å². The lowest BCUT2D eigenvalue weighted by Crippen LogP contribution is -2.41. The van der Waals surface area contributed by atoms with Crippen LogP contribution in [0, 0.1) is 5.92 Å². The average Bonchev–Trinajstić information content (AvgIpc) is 2.87. The number of ether oxygens (including phenoxy) is 1. The maximum absolute atomic E-state index is 12.4. The number of anilines is 1. The van der Waals surface area contributed by atoms with E-state index in [0.29, 0.717) is 18.9 Å². The van der Waals surface area contributed by atoms with E-state index >= 15 is 0 Å². The molecule has 2 atom stereocenters. The van der Waals surface area contributed by atoms with Crippen molar-refractivity contribution in [1.82, 2.24) is 5.32 Å². The quantitative estimate of drug-likeness (QED) is 0.834. The maximum Gasteiger partial charge on any atom is 0.231 e. The largest absolute Gasteiger partial charge is 0.379 e. The molecule has 1 saturated heterocycles. The van der Waals surface area contributed by atoms with Gasteiger partial charge in [0.25, 0.3) is 0 Å². The van der Waals surface area contributed by atoms with Gasteiger partial charge >= 0.3 is 0 Å². The van der Waals surface area contributed by atoms with E-state index in [1.807, 2.05) is 6.92 Å². The summed E-state index contributed by atoms with van der Waals surface area (Å²) < 4.78 is 28.8. The van der Waals surface area contributed by atoms with E-state index in [1.165, 1.54) is 6.07 Å². The van der Waals surface area contributed by atoms with Crippen molar-refractivity contribution in [2.45, 2.75) is 17.9 Å². The summed E-state index contributed by atoms with van der Waals surface area (Å²) >= 11 is 0. The molecule has 0 aliphatic carbocycles. The molecule has 1 aromatic carbocycles. The molecular formula is C14H20N2O4S. The first-order valence-corrected chi connectivity index (χ1v) is 8.73. The number of para-hydroxylation sites is 1. The average molecular weight is 312 g/mol. The predicted molar refractivity (Wildman–Crippen MR) is 80.0 cm³/mol. The number of hydrogen-bond acceptors (Lipinski definition) is 5. The molecule has 1 aliphatic rings. The highest BCUT2D eigenvalue weighted by molar-refractivity contribution is 7.90. The fourth-order valence-corrected chi connectivity index (χ4v) is 3.24. The van der Waals surface area contributed by atoms with Crippen LogP contribution in [-0.4, -0.2) is 46.4 Å². The number of hydrogen-bond donors (Lipinski definition) is 2. The first-order chi connectivity index (χ1) is 9.93. The van der Waals surface area contributed by atoms with E-state index in [2.05, 4.69) is 10.6 Å². The third-order valence-corrected chi connectivity index (χ3v) is 4.58. The molecular weight excluding hydrogens is 292 g/mol. The number of amides is 1. The summed E-state index contributed by atoms with van der Waals surface area (Å²) in [6.07, 6.45) is 1.12. The van der Waals surface area contributed by atoms with Gasteiger partial charge in [-0.1, -0.05) is 19.1 Å². The Bertz CT molecular complexity index is 615. The van der Waals surface area contributed by atoms with Crippen molar-refractivity contribution in [2.75, 3.05) is 31.3 Å². The number of benzene rings is 1. The van der Waals surface area contributed by atoms with Crippen molar-refractivity contribution in [2.24, 2.45) is 5.92 Å². The molecule has 0 saturated carbocycles. The van der Waals surface area contributed by atoms with Gasteiger partial charge in [0.2, 0.25) is 5.91 Å². The van der Waals surface area contributed by atoms with Crippen LogP contribution in [0.2, 0.25) is 0 Å². The van der Waals surface area contributed by atoms with Gasteiger partial charge in [-0.3, -0.25) is 4.79 Å². The van der Waals surface area contributed by atoms with Crippen molar-refractivity contribution in [3.8, 4) is 0 Å². The highest BCUT2D eigenvalue weighted by atomic mass is 32.2. The fraction of sp³-hybridized carbons (Fsp3) is 0.500. The maximum atomic E-state index is 12.4. The van der Waals surface area contributed by atoms with Crippen LogP contribution >= 0.6 is 0 Å². The lowest BCUT2D eigenvalue weighted by Gasteiger charge is -2.18. The molecule has 0 radical (unpaired) electrons. The Labute approximate surface area is 124 Å². The summed E-state index contributed by atoms with van der Waals surface area (Å²) in [7, 11) is -3.39. The summed E-state index contributed by atoms with van der Waals surface area (Å²) in [6, 6.07) is 6.36. The van der Waals surface area contributed by atoms with Gasteiger partial charge in [0.05, 0.1) is 29.7 Å². The van der Waals surface area contributed by atoms with Gasteiger partial charge in [-0.15, -0.1) is 0 Å². The third-order valence-electron chi connectivity index (χ3n) is 3.43. The van der Waals surface area contributed by atoms with Crippen molar-refractivity contribution < 1.29 is 17.9 Å². The first kappa shape index (κ1) is 15.9. The molecule has 1 fully saturated rings. The van der Waals surface area contributed by atoms with E-state index in [1.54, 1.807) is 18.2 Å². The summed E-state index contributed by atoms with van der Waals surface area (Å²) in [5, 5.41) is 5.91. The van der Waals surface area contributed by atoms with Crippen molar-refractivity contribution in [1.29, 1.82) is 0 Å². The summed E-state index contributed by atoms with van der Waals surface area (Å²) in [4.78, 5) is 12.5. The second-order valence-electron chi connectivity index (χ2n) is 5.07. The third kappa shape index (κ3) is 3.81. The summed E-state index contributed by atoms with van der Waals surface area (Å²) in [5.41, 5.74) is 0.312. The highest BCUT2D eigenvalue weighted by Crippen LogP contribution is 2.23. The Morgan fingerprint density at radius 1 is 1.33 bits per heavy atom. The van der Waals surface area contributed by atoms with Crippen LogP contribution in [0.3, 0.4) is 0 Å². The molecule has 2 unspecified atom stereocenters. The monoisotopic (exact) mass is 312 g/mol. The Morgan fingerprint density at radius 2 is 2.05 bits per heavy atom. The van der Waals surface area contributed by atoms with E-state index in [4.69, 9.17) is 4.74 Å². The Morgan fingerprint density at radius 3 is 2.71 bits per heavy atom. The normalized spacial score (nSPS) is 22.2. The van der Waals surface area contributed by atoms with Crippen LogP contribution in [0.25, 0.3) is 0 Å². The standard InChI is InChI=1S/C14H20N2O4S/c1-3-15-12-9-20-8-10(12)14(17)16-11-6-4-5-7-13(11)21(2,18)19/h4-7,10,12,15H,3,8-9H2,1-2H3,(H,16,17). The molecule has 1 heterocycles. The van der Waals surface area contributed by atoms with Crippen LogP contribution < -0.4 is 10.6 Å². The summed E-state index contributed by atoms with van der Waals surface area (Å²) in [6.45, 7) is 3.54. The van der Waals surface area contributed by atoms with Gasteiger partial charge in [0.1, 0.15) is 0 Å². The topological polar surface area (TPSA) is 84.5 Å². The number of sulfone groups is 1. The molecule has 0 bridgehead atoms. The molecule has 0 spiro atoms. The first-order valence-electron chi connectivity index (χ1n) is 6.84. The predicted octanol–water partition coefficient (Wildman–Crippen LogP) is 0.653.